The van der Waals surface area contributed by atoms with Crippen molar-refractivity contribution in [3.63, 3.8) is 0 Å². The molecule has 0 heterocycles. The van der Waals surface area contributed by atoms with Crippen molar-refractivity contribution in [3.8, 4) is 16.9 Å². The van der Waals surface area contributed by atoms with Crippen LogP contribution >= 0.6 is 11.6 Å². The molecule has 0 aromatic heterocycles. The molecule has 138 valence electrons. The van der Waals surface area contributed by atoms with Crippen molar-refractivity contribution in [1.82, 2.24) is 0 Å². The summed E-state index contributed by atoms with van der Waals surface area (Å²) in [5.41, 5.74) is 9.26. The van der Waals surface area contributed by atoms with Gasteiger partial charge in [0.25, 0.3) is 0 Å². The maximum Gasteiger partial charge on any atom is 0.343 e. The van der Waals surface area contributed by atoms with Gasteiger partial charge < -0.3 is 10.5 Å². The molecule has 0 saturated carbocycles. The number of esters is 1. The number of hydrogen-bond acceptors (Lipinski definition) is 3. The molecule has 0 fully saturated rings. The van der Waals surface area contributed by atoms with E-state index in [0.717, 1.165) is 16.7 Å². The van der Waals surface area contributed by atoms with Gasteiger partial charge in [0.05, 0.1) is 16.3 Å². The van der Waals surface area contributed by atoms with E-state index in [2.05, 4.69) is 20.8 Å². The van der Waals surface area contributed by atoms with Crippen molar-refractivity contribution in [2.45, 2.75) is 26.2 Å². The zero-order valence-corrected chi connectivity index (χ0v) is 16.4. The van der Waals surface area contributed by atoms with Crippen LogP contribution in [0.1, 0.15) is 36.7 Å². The molecule has 3 aromatic carbocycles. The van der Waals surface area contributed by atoms with Gasteiger partial charge in [0.15, 0.2) is 0 Å². The molecule has 0 aliphatic rings. The number of carbonyl (C=O) groups is 1. The molecule has 0 unspecified atom stereocenters. The van der Waals surface area contributed by atoms with Gasteiger partial charge in [-0.1, -0.05) is 74.8 Å². The third kappa shape index (κ3) is 3.99. The zero-order chi connectivity index (χ0) is 19.6. The van der Waals surface area contributed by atoms with E-state index in [0.29, 0.717) is 22.0 Å². The summed E-state index contributed by atoms with van der Waals surface area (Å²) in [4.78, 5) is 12.9. The number of anilines is 1. The molecule has 0 atom stereocenters. The van der Waals surface area contributed by atoms with E-state index in [1.807, 2.05) is 42.5 Å². The maximum absolute atomic E-state index is 12.9. The van der Waals surface area contributed by atoms with E-state index in [1.54, 1.807) is 24.3 Å². The Labute approximate surface area is 164 Å². The molecule has 0 saturated heterocycles. The molecule has 0 amide bonds. The first-order valence-electron chi connectivity index (χ1n) is 8.74. The summed E-state index contributed by atoms with van der Waals surface area (Å²) in [7, 11) is 0. The Hall–Kier alpha value is -2.78. The van der Waals surface area contributed by atoms with Crippen molar-refractivity contribution in [2.24, 2.45) is 0 Å². The molecule has 2 N–H and O–H groups in total. The molecular formula is C23H22ClNO2. The number of hydrogen-bond donors (Lipinski definition) is 1. The van der Waals surface area contributed by atoms with Gasteiger partial charge in [-0.3, -0.25) is 0 Å². The number of halogens is 1. The highest BCUT2D eigenvalue weighted by molar-refractivity contribution is 6.35. The quantitative estimate of drug-likeness (QED) is 0.339. The zero-order valence-electron chi connectivity index (χ0n) is 15.6. The van der Waals surface area contributed by atoms with Crippen molar-refractivity contribution in [3.05, 3.63) is 82.9 Å². The topological polar surface area (TPSA) is 52.3 Å². The van der Waals surface area contributed by atoms with Crippen molar-refractivity contribution in [2.75, 3.05) is 5.73 Å². The Morgan fingerprint density at radius 1 is 0.889 bits per heavy atom. The highest BCUT2D eigenvalue weighted by Gasteiger charge is 2.27. The van der Waals surface area contributed by atoms with Crippen LogP contribution in [-0.4, -0.2) is 5.97 Å². The normalized spacial score (nSPS) is 11.3. The highest BCUT2D eigenvalue weighted by atomic mass is 35.5. The van der Waals surface area contributed by atoms with Crippen LogP contribution in [0.25, 0.3) is 11.1 Å². The molecule has 0 aliphatic heterocycles. The van der Waals surface area contributed by atoms with Gasteiger partial charge in [0, 0.05) is 5.56 Å². The Balaban J connectivity index is 2.16. The number of nitrogens with two attached hydrogens (primary N) is 1. The van der Waals surface area contributed by atoms with Crippen LogP contribution in [0.4, 0.5) is 5.69 Å². The molecule has 4 heteroatoms. The first kappa shape index (κ1) is 19.0. The second kappa shape index (κ2) is 7.45. The predicted octanol–water partition coefficient (Wildman–Crippen LogP) is 6.11. The van der Waals surface area contributed by atoms with Gasteiger partial charge in [-0.15, -0.1) is 0 Å². The number of rotatable bonds is 3. The summed E-state index contributed by atoms with van der Waals surface area (Å²) in [5.74, 6) is 0.114. The van der Waals surface area contributed by atoms with Crippen LogP contribution in [0, 0.1) is 0 Å². The van der Waals surface area contributed by atoms with E-state index in [4.69, 9.17) is 22.1 Å². The summed E-state index contributed by atoms with van der Waals surface area (Å²) in [5, 5.41) is 0.483. The van der Waals surface area contributed by atoms with Crippen LogP contribution in [0.15, 0.2) is 66.7 Å². The molecular weight excluding hydrogens is 358 g/mol. The second-order valence-corrected chi connectivity index (χ2v) is 7.77. The maximum atomic E-state index is 12.9. The molecule has 0 spiro atoms. The van der Waals surface area contributed by atoms with Crippen LogP contribution in [0.5, 0.6) is 5.75 Å². The summed E-state index contributed by atoms with van der Waals surface area (Å²) in [6, 6.07) is 20.2. The Morgan fingerprint density at radius 3 is 2.19 bits per heavy atom. The van der Waals surface area contributed by atoms with Gasteiger partial charge in [-0.25, -0.2) is 4.79 Å². The van der Waals surface area contributed by atoms with Crippen LogP contribution < -0.4 is 10.5 Å². The molecule has 3 nitrogen and oxygen atoms in total. The summed E-state index contributed by atoms with van der Waals surface area (Å²) in [6.45, 7) is 6.18. The number of carbonyl (C=O) groups excluding carboxylic acids is 1. The fraction of sp³-hybridized carbons (Fsp3) is 0.174. The van der Waals surface area contributed by atoms with Gasteiger partial charge in [-0.2, -0.15) is 0 Å². The summed E-state index contributed by atoms with van der Waals surface area (Å²) >= 11 is 6.47. The number of benzene rings is 3. The van der Waals surface area contributed by atoms with E-state index >= 15 is 0 Å². The molecule has 3 aromatic rings. The lowest BCUT2D eigenvalue weighted by Crippen LogP contribution is -2.21. The van der Waals surface area contributed by atoms with Crippen LogP contribution in [0.2, 0.25) is 5.02 Å². The molecule has 0 radical (unpaired) electrons. The SMILES string of the molecule is CC(C)(C)c1c(C(=O)Oc2ccccc2)cccc1-c1cccc(N)c1Cl. The van der Waals surface area contributed by atoms with Crippen LogP contribution in [-0.2, 0) is 5.41 Å². The van der Waals surface area contributed by atoms with Gasteiger partial charge in [0.2, 0.25) is 0 Å². The van der Waals surface area contributed by atoms with E-state index in [-0.39, 0.29) is 5.41 Å². The number of ether oxygens (including phenoxy) is 1. The molecule has 3 rings (SSSR count). The first-order chi connectivity index (χ1) is 12.8. The number of nitrogen functional groups attached to an aromatic ring is 1. The van der Waals surface area contributed by atoms with E-state index in [9.17, 15) is 4.79 Å². The lowest BCUT2D eigenvalue weighted by molar-refractivity contribution is 0.0732. The molecule has 27 heavy (non-hydrogen) atoms. The van der Waals surface area contributed by atoms with E-state index < -0.39 is 5.97 Å². The minimum atomic E-state index is -0.395. The Morgan fingerprint density at radius 2 is 1.52 bits per heavy atom. The monoisotopic (exact) mass is 379 g/mol. The highest BCUT2D eigenvalue weighted by Crippen LogP contribution is 2.40. The third-order valence-corrected chi connectivity index (χ3v) is 4.73. The lowest BCUT2D eigenvalue weighted by Gasteiger charge is -2.26. The fourth-order valence-electron chi connectivity index (χ4n) is 3.16. The first-order valence-corrected chi connectivity index (χ1v) is 9.12. The Kier molecular flexibility index (Phi) is 5.24. The lowest BCUT2D eigenvalue weighted by atomic mass is 9.78. The summed E-state index contributed by atoms with van der Waals surface area (Å²) in [6.07, 6.45) is 0. The molecule has 0 aliphatic carbocycles. The average molecular weight is 380 g/mol. The van der Waals surface area contributed by atoms with Gasteiger partial charge in [0.1, 0.15) is 5.75 Å². The fourth-order valence-corrected chi connectivity index (χ4v) is 3.39. The smallest absolute Gasteiger partial charge is 0.343 e. The predicted molar refractivity (Wildman–Crippen MR) is 111 cm³/mol. The summed E-state index contributed by atoms with van der Waals surface area (Å²) < 4.78 is 5.58. The minimum absolute atomic E-state index is 0.310. The average Bonchev–Trinajstić information content (AvgIpc) is 2.63. The van der Waals surface area contributed by atoms with Crippen LogP contribution in [0.3, 0.4) is 0 Å². The van der Waals surface area contributed by atoms with E-state index in [1.165, 1.54) is 0 Å². The standard InChI is InChI=1S/C23H22ClNO2/c1-23(2,3)20-16(17-12-8-14-19(25)21(17)24)11-7-13-18(20)22(26)27-15-9-5-4-6-10-15/h4-14H,25H2,1-3H3. The second-order valence-electron chi connectivity index (χ2n) is 7.39. The van der Waals surface area contributed by atoms with Crippen molar-refractivity contribution < 1.29 is 9.53 Å². The third-order valence-electron chi connectivity index (χ3n) is 4.31. The van der Waals surface area contributed by atoms with Gasteiger partial charge in [-0.05, 0) is 40.8 Å². The van der Waals surface area contributed by atoms with Crippen molar-refractivity contribution in [1.29, 1.82) is 0 Å². The largest absolute Gasteiger partial charge is 0.423 e. The Bertz CT molecular complexity index is 975. The van der Waals surface area contributed by atoms with Gasteiger partial charge >= 0.3 is 5.97 Å². The number of para-hydroxylation sites is 1. The minimum Gasteiger partial charge on any atom is -0.423 e. The van der Waals surface area contributed by atoms with Crippen molar-refractivity contribution >= 4 is 23.3 Å². The molecule has 0 bridgehead atoms.